The molecule has 0 aliphatic carbocycles. The largest absolute Gasteiger partial charge is 0.416 e. The first-order valence-corrected chi connectivity index (χ1v) is 5.51. The summed E-state index contributed by atoms with van der Waals surface area (Å²) in [5.41, 5.74) is -0.162. The van der Waals surface area contributed by atoms with Crippen LogP contribution in [0, 0.1) is 6.92 Å². The normalized spacial score (nSPS) is 13.3. The molecule has 2 aromatic rings. The quantitative estimate of drug-likeness (QED) is 0.911. The van der Waals surface area contributed by atoms with Gasteiger partial charge in [0.25, 0.3) is 0 Å². The molecule has 0 spiro atoms. The van der Waals surface area contributed by atoms with Crippen LogP contribution in [0.2, 0.25) is 0 Å². The van der Waals surface area contributed by atoms with E-state index in [0.717, 1.165) is 18.5 Å². The molecule has 3 nitrogen and oxygen atoms in total. The highest BCUT2D eigenvalue weighted by Crippen LogP contribution is 2.36. The van der Waals surface area contributed by atoms with Crippen molar-refractivity contribution in [3.05, 3.63) is 59.2 Å². The Morgan fingerprint density at radius 3 is 2.21 bits per heavy atom. The number of nitrogens with zero attached hydrogens (tertiary/aromatic N) is 2. The van der Waals surface area contributed by atoms with Gasteiger partial charge in [0.15, 0.2) is 0 Å². The number of aliphatic hydroxyl groups excluding tert-OH is 1. The molecule has 0 aromatic carbocycles. The van der Waals surface area contributed by atoms with Gasteiger partial charge in [-0.1, -0.05) is 0 Å². The minimum Gasteiger partial charge on any atom is -0.384 e. The Labute approximate surface area is 107 Å². The minimum atomic E-state index is -4.53. The number of aromatic nitrogens is 2. The van der Waals surface area contributed by atoms with Crippen molar-refractivity contribution in [2.75, 3.05) is 0 Å². The first kappa shape index (κ1) is 13.5. The highest BCUT2D eigenvalue weighted by Gasteiger charge is 2.35. The van der Waals surface area contributed by atoms with E-state index in [0.29, 0.717) is 11.1 Å². The Morgan fingerprint density at radius 2 is 1.63 bits per heavy atom. The van der Waals surface area contributed by atoms with Crippen LogP contribution in [0.25, 0.3) is 0 Å². The number of pyridine rings is 2. The zero-order chi connectivity index (χ0) is 14.0. The molecule has 1 atom stereocenters. The molecular weight excluding hydrogens is 257 g/mol. The molecule has 2 rings (SSSR count). The van der Waals surface area contributed by atoms with Crippen LogP contribution in [-0.2, 0) is 6.18 Å². The van der Waals surface area contributed by atoms with Crippen molar-refractivity contribution in [2.24, 2.45) is 0 Å². The fourth-order valence-electron chi connectivity index (χ4n) is 1.81. The van der Waals surface area contributed by atoms with E-state index in [9.17, 15) is 18.3 Å². The Bertz CT molecular complexity index is 584. The lowest BCUT2D eigenvalue weighted by Gasteiger charge is -2.18. The summed E-state index contributed by atoms with van der Waals surface area (Å²) in [6.07, 6.45) is -0.990. The third kappa shape index (κ3) is 2.73. The minimum absolute atomic E-state index is 0.272. The molecule has 0 fully saturated rings. The van der Waals surface area contributed by atoms with E-state index in [2.05, 4.69) is 9.97 Å². The molecule has 0 saturated heterocycles. The molecule has 1 unspecified atom stereocenters. The monoisotopic (exact) mass is 268 g/mol. The Morgan fingerprint density at radius 1 is 1.05 bits per heavy atom. The average molecular weight is 268 g/mol. The van der Waals surface area contributed by atoms with E-state index in [4.69, 9.17) is 0 Å². The van der Waals surface area contributed by atoms with Crippen molar-refractivity contribution in [3.63, 3.8) is 0 Å². The van der Waals surface area contributed by atoms with Crippen LogP contribution >= 0.6 is 0 Å². The molecule has 0 bridgehead atoms. The highest BCUT2D eigenvalue weighted by molar-refractivity contribution is 5.37. The van der Waals surface area contributed by atoms with E-state index in [-0.39, 0.29) is 5.56 Å². The van der Waals surface area contributed by atoms with Crippen LogP contribution in [0.4, 0.5) is 13.2 Å². The molecule has 6 heteroatoms. The van der Waals surface area contributed by atoms with Crippen LogP contribution in [0.1, 0.15) is 28.4 Å². The number of aryl methyl sites for hydroxylation is 1. The van der Waals surface area contributed by atoms with Gasteiger partial charge in [-0.2, -0.15) is 13.2 Å². The lowest BCUT2D eigenvalue weighted by molar-refractivity contribution is -0.139. The number of hydrogen-bond acceptors (Lipinski definition) is 3. The molecule has 0 radical (unpaired) electrons. The van der Waals surface area contributed by atoms with Gasteiger partial charge in [0, 0.05) is 35.9 Å². The lowest BCUT2D eigenvalue weighted by Crippen LogP contribution is -2.13. The summed E-state index contributed by atoms with van der Waals surface area (Å²) in [5.74, 6) is 0. The van der Waals surface area contributed by atoms with Gasteiger partial charge in [0.1, 0.15) is 6.10 Å². The number of halogens is 3. The number of rotatable bonds is 2. The standard InChI is InChI=1S/C13H11F3N2O/c1-8-2-4-17-6-9(8)12(19)10-7-18-5-3-11(10)13(14,15)16/h2-7,12,19H,1H3. The summed E-state index contributed by atoms with van der Waals surface area (Å²) in [6, 6.07) is 2.48. The summed E-state index contributed by atoms with van der Waals surface area (Å²) in [5, 5.41) is 10.1. The molecule has 0 amide bonds. The molecular formula is C13H11F3N2O. The van der Waals surface area contributed by atoms with Crippen molar-refractivity contribution in [1.82, 2.24) is 9.97 Å². The Hall–Kier alpha value is -1.95. The predicted molar refractivity (Wildman–Crippen MR) is 62.3 cm³/mol. The molecule has 100 valence electrons. The van der Waals surface area contributed by atoms with E-state index in [1.807, 2.05) is 0 Å². The van der Waals surface area contributed by atoms with E-state index >= 15 is 0 Å². The highest BCUT2D eigenvalue weighted by atomic mass is 19.4. The van der Waals surface area contributed by atoms with Crippen LogP contribution < -0.4 is 0 Å². The Balaban J connectivity index is 2.51. The zero-order valence-electron chi connectivity index (χ0n) is 10.0. The molecule has 0 aliphatic heterocycles. The predicted octanol–water partition coefficient (Wildman–Crippen LogP) is 2.89. The third-order valence-corrected chi connectivity index (χ3v) is 2.83. The van der Waals surface area contributed by atoms with Gasteiger partial charge in [-0.3, -0.25) is 9.97 Å². The van der Waals surface area contributed by atoms with Crippen molar-refractivity contribution >= 4 is 0 Å². The lowest BCUT2D eigenvalue weighted by atomic mass is 9.97. The summed E-state index contributed by atoms with van der Waals surface area (Å²) < 4.78 is 38.6. The number of alkyl halides is 3. The fraction of sp³-hybridized carbons (Fsp3) is 0.231. The number of aliphatic hydroxyl groups is 1. The SMILES string of the molecule is Cc1ccncc1C(O)c1cnccc1C(F)(F)F. The topological polar surface area (TPSA) is 46.0 Å². The van der Waals surface area contributed by atoms with Crippen molar-refractivity contribution in [3.8, 4) is 0 Å². The second-order valence-electron chi connectivity index (χ2n) is 4.10. The van der Waals surface area contributed by atoms with Gasteiger partial charge < -0.3 is 5.11 Å². The zero-order valence-corrected chi connectivity index (χ0v) is 10.0. The van der Waals surface area contributed by atoms with Gasteiger partial charge in [-0.15, -0.1) is 0 Å². The van der Waals surface area contributed by atoms with Crippen LogP contribution in [0.5, 0.6) is 0 Å². The second kappa shape index (κ2) is 4.97. The molecule has 2 heterocycles. The maximum atomic E-state index is 12.9. The van der Waals surface area contributed by atoms with E-state index in [1.54, 1.807) is 13.0 Å². The van der Waals surface area contributed by atoms with Crippen molar-refractivity contribution < 1.29 is 18.3 Å². The van der Waals surface area contributed by atoms with Gasteiger partial charge >= 0.3 is 6.18 Å². The molecule has 1 N–H and O–H groups in total. The van der Waals surface area contributed by atoms with Gasteiger partial charge in [-0.05, 0) is 24.6 Å². The van der Waals surface area contributed by atoms with Crippen molar-refractivity contribution in [1.29, 1.82) is 0 Å². The molecule has 0 saturated carbocycles. The molecule has 2 aromatic heterocycles. The smallest absolute Gasteiger partial charge is 0.384 e. The maximum Gasteiger partial charge on any atom is 0.416 e. The van der Waals surface area contributed by atoms with Crippen molar-refractivity contribution in [2.45, 2.75) is 19.2 Å². The summed E-state index contributed by atoms with van der Waals surface area (Å²) in [4.78, 5) is 7.48. The van der Waals surface area contributed by atoms with Gasteiger partial charge in [0.2, 0.25) is 0 Å². The maximum absolute atomic E-state index is 12.9. The summed E-state index contributed by atoms with van der Waals surface area (Å²) in [6.45, 7) is 1.70. The van der Waals surface area contributed by atoms with Crippen LogP contribution in [0.15, 0.2) is 36.9 Å². The van der Waals surface area contributed by atoms with Gasteiger partial charge in [0.05, 0.1) is 5.56 Å². The Kier molecular flexibility index (Phi) is 3.53. The van der Waals surface area contributed by atoms with E-state index in [1.165, 1.54) is 12.4 Å². The first-order chi connectivity index (χ1) is 8.91. The molecule has 0 aliphatic rings. The van der Waals surface area contributed by atoms with Gasteiger partial charge in [-0.25, -0.2) is 0 Å². The van der Waals surface area contributed by atoms with E-state index < -0.39 is 17.8 Å². The third-order valence-electron chi connectivity index (χ3n) is 2.83. The number of hydrogen-bond donors (Lipinski definition) is 1. The summed E-state index contributed by atoms with van der Waals surface area (Å²) in [7, 11) is 0. The molecule has 19 heavy (non-hydrogen) atoms. The fourth-order valence-corrected chi connectivity index (χ4v) is 1.81. The first-order valence-electron chi connectivity index (χ1n) is 5.51. The van der Waals surface area contributed by atoms with Crippen LogP contribution in [0.3, 0.4) is 0 Å². The second-order valence-corrected chi connectivity index (χ2v) is 4.10. The van der Waals surface area contributed by atoms with Crippen LogP contribution in [-0.4, -0.2) is 15.1 Å². The summed E-state index contributed by atoms with van der Waals surface area (Å²) >= 11 is 0. The average Bonchev–Trinajstić information content (AvgIpc) is 2.37.